The number of rotatable bonds is 2. The molecule has 4 rings (SSSR count). The van der Waals surface area contributed by atoms with Crippen molar-refractivity contribution in [3.63, 3.8) is 0 Å². The van der Waals surface area contributed by atoms with E-state index in [0.717, 1.165) is 26.6 Å². The summed E-state index contributed by atoms with van der Waals surface area (Å²) in [5, 5.41) is 6.37. The van der Waals surface area contributed by atoms with Crippen LogP contribution in [-0.4, -0.2) is 10.9 Å². The van der Waals surface area contributed by atoms with Crippen molar-refractivity contribution >= 4 is 66.6 Å². The van der Waals surface area contributed by atoms with E-state index in [1.807, 2.05) is 49.4 Å². The fraction of sp³-hybridized carbons (Fsp3) is 0.0526. The molecule has 6 heteroatoms. The van der Waals surface area contributed by atoms with E-state index < -0.39 is 0 Å². The lowest BCUT2D eigenvalue weighted by Gasteiger charge is -2.07. The number of aromatic nitrogens is 1. The number of aryl methyl sites for hydroxylation is 1. The third kappa shape index (κ3) is 2.97. The lowest BCUT2D eigenvalue weighted by molar-refractivity contribution is 0.102. The van der Waals surface area contributed by atoms with Crippen LogP contribution in [0.2, 0.25) is 10.0 Å². The maximum absolute atomic E-state index is 12.7. The highest BCUT2D eigenvalue weighted by molar-refractivity contribution is 7.22. The second-order valence-electron chi connectivity index (χ2n) is 5.68. The van der Waals surface area contributed by atoms with E-state index in [4.69, 9.17) is 23.2 Å². The molecule has 0 aliphatic carbocycles. The number of nitrogens with one attached hydrogen (secondary N) is 1. The Labute approximate surface area is 158 Å². The van der Waals surface area contributed by atoms with E-state index >= 15 is 0 Å². The van der Waals surface area contributed by atoms with Crippen LogP contribution < -0.4 is 5.32 Å². The van der Waals surface area contributed by atoms with E-state index in [1.54, 1.807) is 6.07 Å². The summed E-state index contributed by atoms with van der Waals surface area (Å²) in [6.07, 6.45) is 0. The summed E-state index contributed by atoms with van der Waals surface area (Å²) in [6, 6.07) is 14.8. The van der Waals surface area contributed by atoms with E-state index in [2.05, 4.69) is 10.3 Å². The Bertz CT molecular complexity index is 1100. The zero-order chi connectivity index (χ0) is 17.6. The molecule has 124 valence electrons. The van der Waals surface area contributed by atoms with Gasteiger partial charge in [-0.05, 0) is 42.1 Å². The van der Waals surface area contributed by atoms with Crippen molar-refractivity contribution in [3.05, 3.63) is 69.7 Å². The molecule has 0 spiro atoms. The molecular formula is C19H12Cl2N2OS. The molecule has 0 fully saturated rings. The minimum atomic E-state index is -0.213. The number of amides is 1. The largest absolute Gasteiger partial charge is 0.298 e. The van der Waals surface area contributed by atoms with Crippen LogP contribution in [0.15, 0.2) is 48.5 Å². The van der Waals surface area contributed by atoms with Gasteiger partial charge in [0, 0.05) is 21.0 Å². The summed E-state index contributed by atoms with van der Waals surface area (Å²) in [4.78, 5) is 17.2. The quantitative estimate of drug-likeness (QED) is 0.438. The highest BCUT2D eigenvalue weighted by atomic mass is 35.5. The number of nitrogens with zero attached hydrogens (tertiary/aromatic N) is 1. The number of anilines is 1. The normalized spacial score (nSPS) is 11.2. The van der Waals surface area contributed by atoms with Crippen molar-refractivity contribution in [1.82, 2.24) is 4.98 Å². The van der Waals surface area contributed by atoms with Crippen molar-refractivity contribution < 1.29 is 4.79 Å². The molecule has 0 aliphatic rings. The Hall–Kier alpha value is -2.14. The molecule has 0 saturated heterocycles. The zero-order valence-electron chi connectivity index (χ0n) is 13.1. The standard InChI is InChI=1S/C19H12Cl2N2OS/c1-10-8-17-16(9-15(10)21)22-19(25-17)23-18(24)13-6-2-5-12-11(13)4-3-7-14(12)20/h2-9H,1H3,(H,22,23,24). The fourth-order valence-electron chi connectivity index (χ4n) is 2.74. The lowest BCUT2D eigenvalue weighted by atomic mass is 10.0. The van der Waals surface area contributed by atoms with E-state index in [9.17, 15) is 4.79 Å². The SMILES string of the molecule is Cc1cc2sc(NC(=O)c3cccc4c(Cl)cccc34)nc2cc1Cl. The Morgan fingerprint density at radius 1 is 1.04 bits per heavy atom. The molecule has 25 heavy (non-hydrogen) atoms. The smallest absolute Gasteiger partial charge is 0.258 e. The van der Waals surface area contributed by atoms with E-state index in [-0.39, 0.29) is 5.91 Å². The predicted octanol–water partition coefficient (Wildman–Crippen LogP) is 6.32. The van der Waals surface area contributed by atoms with Gasteiger partial charge in [0.25, 0.3) is 5.91 Å². The summed E-state index contributed by atoms with van der Waals surface area (Å²) in [6.45, 7) is 1.94. The molecule has 1 amide bonds. The number of halogens is 2. The lowest BCUT2D eigenvalue weighted by Crippen LogP contribution is -2.12. The van der Waals surface area contributed by atoms with Crippen LogP contribution in [0.3, 0.4) is 0 Å². The molecule has 0 aliphatic heterocycles. The van der Waals surface area contributed by atoms with Gasteiger partial charge in [0.2, 0.25) is 0 Å². The second kappa shape index (κ2) is 6.30. The third-order valence-electron chi connectivity index (χ3n) is 4.00. The average Bonchev–Trinajstić information content (AvgIpc) is 2.96. The first-order chi connectivity index (χ1) is 12.0. The summed E-state index contributed by atoms with van der Waals surface area (Å²) in [7, 11) is 0. The van der Waals surface area contributed by atoms with Gasteiger partial charge in [-0.25, -0.2) is 4.98 Å². The van der Waals surface area contributed by atoms with Gasteiger partial charge in [-0.2, -0.15) is 0 Å². The maximum Gasteiger partial charge on any atom is 0.258 e. The number of thiazole rings is 1. The van der Waals surface area contributed by atoms with Gasteiger partial charge in [0.05, 0.1) is 10.2 Å². The molecule has 3 aromatic carbocycles. The molecule has 1 N–H and O–H groups in total. The van der Waals surface area contributed by atoms with Crippen LogP contribution in [0.5, 0.6) is 0 Å². The van der Waals surface area contributed by atoms with Gasteiger partial charge < -0.3 is 0 Å². The number of hydrogen-bond donors (Lipinski definition) is 1. The molecule has 1 aromatic heterocycles. The topological polar surface area (TPSA) is 42.0 Å². The molecule has 0 unspecified atom stereocenters. The molecule has 4 aromatic rings. The van der Waals surface area contributed by atoms with Crippen LogP contribution >= 0.6 is 34.5 Å². The highest BCUT2D eigenvalue weighted by Gasteiger charge is 2.14. The second-order valence-corrected chi connectivity index (χ2v) is 7.53. The van der Waals surface area contributed by atoms with Crippen molar-refractivity contribution in [2.45, 2.75) is 6.92 Å². The number of carbonyl (C=O) groups is 1. The number of fused-ring (bicyclic) bond motifs is 2. The molecule has 3 nitrogen and oxygen atoms in total. The monoisotopic (exact) mass is 386 g/mol. The number of carbonyl (C=O) groups excluding carboxylic acids is 1. The predicted molar refractivity (Wildman–Crippen MR) is 106 cm³/mol. The van der Waals surface area contributed by atoms with Gasteiger partial charge in [-0.1, -0.05) is 58.8 Å². The molecule has 0 saturated carbocycles. The van der Waals surface area contributed by atoms with Crippen LogP contribution in [0.1, 0.15) is 15.9 Å². The molecule has 0 bridgehead atoms. The minimum absolute atomic E-state index is 0.213. The Morgan fingerprint density at radius 3 is 2.64 bits per heavy atom. The fourth-order valence-corrected chi connectivity index (χ4v) is 4.07. The number of benzene rings is 3. The first-order valence-electron chi connectivity index (χ1n) is 7.58. The summed E-state index contributed by atoms with van der Waals surface area (Å²) in [5.41, 5.74) is 2.32. The molecule has 0 atom stereocenters. The first kappa shape index (κ1) is 16.3. The number of hydrogen-bond acceptors (Lipinski definition) is 3. The van der Waals surface area contributed by atoms with Crippen molar-refractivity contribution in [3.8, 4) is 0 Å². The van der Waals surface area contributed by atoms with Gasteiger partial charge in [-0.15, -0.1) is 0 Å². The highest BCUT2D eigenvalue weighted by Crippen LogP contribution is 2.31. The Balaban J connectivity index is 1.72. The average molecular weight is 387 g/mol. The Morgan fingerprint density at radius 2 is 1.80 bits per heavy atom. The van der Waals surface area contributed by atoms with Gasteiger partial charge >= 0.3 is 0 Å². The van der Waals surface area contributed by atoms with Gasteiger partial charge in [0.1, 0.15) is 0 Å². The molecular weight excluding hydrogens is 375 g/mol. The van der Waals surface area contributed by atoms with Crippen LogP contribution in [0.25, 0.3) is 21.0 Å². The minimum Gasteiger partial charge on any atom is -0.298 e. The summed E-state index contributed by atoms with van der Waals surface area (Å²) < 4.78 is 0.984. The van der Waals surface area contributed by atoms with Gasteiger partial charge in [-0.3, -0.25) is 10.1 Å². The van der Waals surface area contributed by atoms with Crippen molar-refractivity contribution in [2.75, 3.05) is 5.32 Å². The summed E-state index contributed by atoms with van der Waals surface area (Å²) in [5.74, 6) is -0.213. The van der Waals surface area contributed by atoms with Gasteiger partial charge in [0.15, 0.2) is 5.13 Å². The van der Waals surface area contributed by atoms with Crippen LogP contribution in [-0.2, 0) is 0 Å². The van der Waals surface area contributed by atoms with Crippen LogP contribution in [0.4, 0.5) is 5.13 Å². The zero-order valence-corrected chi connectivity index (χ0v) is 15.5. The first-order valence-corrected chi connectivity index (χ1v) is 9.15. The third-order valence-corrected chi connectivity index (χ3v) is 5.67. The van der Waals surface area contributed by atoms with Crippen molar-refractivity contribution in [2.24, 2.45) is 0 Å². The molecule has 1 heterocycles. The van der Waals surface area contributed by atoms with E-state index in [1.165, 1.54) is 11.3 Å². The van der Waals surface area contributed by atoms with E-state index in [0.29, 0.717) is 20.7 Å². The summed E-state index contributed by atoms with van der Waals surface area (Å²) >= 11 is 13.8. The van der Waals surface area contributed by atoms with Crippen molar-refractivity contribution in [1.29, 1.82) is 0 Å². The maximum atomic E-state index is 12.7. The Kier molecular flexibility index (Phi) is 4.12. The molecule has 0 radical (unpaired) electrons. The van der Waals surface area contributed by atoms with Crippen LogP contribution in [0, 0.1) is 6.92 Å².